The van der Waals surface area contributed by atoms with Crippen LogP contribution in [0.25, 0.3) is 0 Å². The molecule has 0 aliphatic heterocycles. The standard InChI is InChI=1S/C18H18ClNO3S/c1-12-7-13(2)9-14(8-12)20-17(21)10-23-18(22)11-24-16-6-4-3-5-15(16)19/h3-9H,10-11H2,1-2H3,(H,20,21). The van der Waals surface area contributed by atoms with Crippen molar-refractivity contribution >= 4 is 40.9 Å². The summed E-state index contributed by atoms with van der Waals surface area (Å²) in [6.07, 6.45) is 0. The zero-order valence-corrected chi connectivity index (χ0v) is 15.0. The van der Waals surface area contributed by atoms with E-state index in [1.807, 2.05) is 50.2 Å². The van der Waals surface area contributed by atoms with Gasteiger partial charge in [-0.3, -0.25) is 9.59 Å². The van der Waals surface area contributed by atoms with E-state index >= 15 is 0 Å². The van der Waals surface area contributed by atoms with Crippen molar-refractivity contribution in [3.05, 3.63) is 58.6 Å². The fourth-order valence-corrected chi connectivity index (χ4v) is 3.17. The molecule has 0 radical (unpaired) electrons. The molecule has 0 aliphatic rings. The molecule has 0 unspecified atom stereocenters. The SMILES string of the molecule is Cc1cc(C)cc(NC(=O)COC(=O)CSc2ccccc2Cl)c1. The minimum atomic E-state index is -0.463. The summed E-state index contributed by atoms with van der Waals surface area (Å²) < 4.78 is 4.98. The maximum atomic E-state index is 11.9. The van der Waals surface area contributed by atoms with E-state index in [0.717, 1.165) is 16.0 Å². The molecule has 24 heavy (non-hydrogen) atoms. The molecule has 0 aromatic heterocycles. The molecule has 2 aromatic carbocycles. The second kappa shape index (κ2) is 8.76. The molecule has 0 saturated heterocycles. The van der Waals surface area contributed by atoms with Crippen LogP contribution in [0, 0.1) is 13.8 Å². The molecule has 0 spiro atoms. The molecule has 1 amide bonds. The summed E-state index contributed by atoms with van der Waals surface area (Å²) in [6, 6.07) is 13.0. The van der Waals surface area contributed by atoms with Crippen LogP contribution in [0.3, 0.4) is 0 Å². The van der Waals surface area contributed by atoms with Gasteiger partial charge in [0.15, 0.2) is 6.61 Å². The summed E-state index contributed by atoms with van der Waals surface area (Å²) in [5, 5.41) is 3.30. The second-order valence-electron chi connectivity index (χ2n) is 5.30. The summed E-state index contributed by atoms with van der Waals surface area (Å²) in [4.78, 5) is 24.4. The van der Waals surface area contributed by atoms with E-state index in [-0.39, 0.29) is 18.3 Å². The highest BCUT2D eigenvalue weighted by Gasteiger charge is 2.10. The number of carbonyl (C=O) groups is 2. The van der Waals surface area contributed by atoms with Crippen molar-refractivity contribution < 1.29 is 14.3 Å². The largest absolute Gasteiger partial charge is 0.455 e. The molecule has 2 aromatic rings. The van der Waals surface area contributed by atoms with Gasteiger partial charge in [0.25, 0.3) is 5.91 Å². The first-order valence-corrected chi connectivity index (χ1v) is 8.71. The number of hydrogen-bond acceptors (Lipinski definition) is 4. The summed E-state index contributed by atoms with van der Waals surface area (Å²) in [5.41, 5.74) is 2.80. The number of aryl methyl sites for hydroxylation is 2. The number of rotatable bonds is 6. The lowest BCUT2D eigenvalue weighted by Crippen LogP contribution is -2.21. The van der Waals surface area contributed by atoms with Crippen LogP contribution in [0.4, 0.5) is 5.69 Å². The minimum absolute atomic E-state index is 0.0978. The van der Waals surface area contributed by atoms with Crippen molar-refractivity contribution in [2.45, 2.75) is 18.7 Å². The third-order valence-electron chi connectivity index (χ3n) is 3.05. The first-order chi connectivity index (χ1) is 11.4. The fourth-order valence-electron chi connectivity index (χ4n) is 2.13. The predicted octanol–water partition coefficient (Wildman–Crippen LogP) is 4.23. The molecule has 2 rings (SSSR count). The second-order valence-corrected chi connectivity index (χ2v) is 6.73. The first-order valence-electron chi connectivity index (χ1n) is 7.35. The monoisotopic (exact) mass is 363 g/mol. The van der Waals surface area contributed by atoms with Crippen molar-refractivity contribution in [2.75, 3.05) is 17.7 Å². The summed E-state index contributed by atoms with van der Waals surface area (Å²) in [6.45, 7) is 3.60. The zero-order valence-electron chi connectivity index (χ0n) is 13.5. The Hall–Kier alpha value is -1.98. The van der Waals surface area contributed by atoms with Gasteiger partial charge in [-0.25, -0.2) is 0 Å². The number of carbonyl (C=O) groups excluding carboxylic acids is 2. The van der Waals surface area contributed by atoms with Crippen LogP contribution in [0.15, 0.2) is 47.4 Å². The average Bonchev–Trinajstić information content (AvgIpc) is 2.51. The molecule has 6 heteroatoms. The maximum absolute atomic E-state index is 11.9. The minimum Gasteiger partial charge on any atom is -0.455 e. The number of benzene rings is 2. The van der Waals surface area contributed by atoms with Gasteiger partial charge in [0.05, 0.1) is 10.8 Å². The topological polar surface area (TPSA) is 55.4 Å². The van der Waals surface area contributed by atoms with Crippen LogP contribution in [-0.2, 0) is 14.3 Å². The lowest BCUT2D eigenvalue weighted by Gasteiger charge is -2.08. The third kappa shape index (κ3) is 5.91. The lowest BCUT2D eigenvalue weighted by molar-refractivity contribution is -0.144. The lowest BCUT2D eigenvalue weighted by atomic mass is 10.1. The molecule has 0 bridgehead atoms. The molecule has 0 fully saturated rings. The number of thioether (sulfide) groups is 1. The van der Waals surface area contributed by atoms with E-state index in [1.54, 1.807) is 6.07 Å². The molecular formula is C18H18ClNO3S. The number of anilines is 1. The van der Waals surface area contributed by atoms with Crippen LogP contribution in [0.2, 0.25) is 5.02 Å². The van der Waals surface area contributed by atoms with Gasteiger partial charge in [0.2, 0.25) is 0 Å². The smallest absolute Gasteiger partial charge is 0.316 e. The van der Waals surface area contributed by atoms with Crippen LogP contribution in [-0.4, -0.2) is 24.2 Å². The number of esters is 1. The fraction of sp³-hybridized carbons (Fsp3) is 0.222. The Bertz CT molecular complexity index is 729. The van der Waals surface area contributed by atoms with E-state index in [9.17, 15) is 9.59 Å². The summed E-state index contributed by atoms with van der Waals surface area (Å²) in [5.74, 6) is -0.729. The van der Waals surface area contributed by atoms with Gasteiger partial charge in [0.1, 0.15) is 0 Å². The Morgan fingerprint density at radius 1 is 1.12 bits per heavy atom. The Morgan fingerprint density at radius 3 is 2.46 bits per heavy atom. The maximum Gasteiger partial charge on any atom is 0.316 e. The normalized spacial score (nSPS) is 10.3. The van der Waals surface area contributed by atoms with Gasteiger partial charge in [-0.15, -0.1) is 11.8 Å². The predicted molar refractivity (Wildman–Crippen MR) is 97.7 cm³/mol. The highest BCUT2D eigenvalue weighted by Crippen LogP contribution is 2.26. The number of nitrogens with one attached hydrogen (secondary N) is 1. The van der Waals surface area contributed by atoms with E-state index in [0.29, 0.717) is 10.7 Å². The third-order valence-corrected chi connectivity index (χ3v) is 4.54. The number of amides is 1. The van der Waals surface area contributed by atoms with Crippen molar-refractivity contribution in [1.29, 1.82) is 0 Å². The van der Waals surface area contributed by atoms with Gasteiger partial charge in [-0.1, -0.05) is 29.8 Å². The number of halogens is 1. The van der Waals surface area contributed by atoms with Gasteiger partial charge in [-0.05, 0) is 49.2 Å². The number of hydrogen-bond donors (Lipinski definition) is 1. The van der Waals surface area contributed by atoms with Crippen LogP contribution in [0.1, 0.15) is 11.1 Å². The average molecular weight is 364 g/mol. The van der Waals surface area contributed by atoms with E-state index in [2.05, 4.69) is 5.32 Å². The molecule has 0 aliphatic carbocycles. The molecule has 4 nitrogen and oxygen atoms in total. The molecule has 126 valence electrons. The molecule has 0 heterocycles. The van der Waals surface area contributed by atoms with Gasteiger partial charge < -0.3 is 10.1 Å². The van der Waals surface area contributed by atoms with E-state index in [4.69, 9.17) is 16.3 Å². The summed E-state index contributed by atoms with van der Waals surface area (Å²) in [7, 11) is 0. The van der Waals surface area contributed by atoms with Crippen molar-refractivity contribution in [3.63, 3.8) is 0 Å². The molecular weight excluding hydrogens is 346 g/mol. The Morgan fingerprint density at radius 2 is 1.79 bits per heavy atom. The highest BCUT2D eigenvalue weighted by molar-refractivity contribution is 8.00. The Balaban J connectivity index is 1.77. The summed E-state index contributed by atoms with van der Waals surface area (Å²) >= 11 is 7.29. The molecule has 1 N–H and O–H groups in total. The quantitative estimate of drug-likeness (QED) is 0.616. The van der Waals surface area contributed by atoms with Crippen LogP contribution >= 0.6 is 23.4 Å². The van der Waals surface area contributed by atoms with Gasteiger partial charge in [0, 0.05) is 10.6 Å². The Labute approximate surface area is 150 Å². The van der Waals surface area contributed by atoms with E-state index < -0.39 is 5.97 Å². The molecule has 0 atom stereocenters. The Kier molecular flexibility index (Phi) is 6.70. The van der Waals surface area contributed by atoms with Crippen molar-refractivity contribution in [2.24, 2.45) is 0 Å². The van der Waals surface area contributed by atoms with Crippen molar-refractivity contribution in [1.82, 2.24) is 0 Å². The van der Waals surface area contributed by atoms with Gasteiger partial charge >= 0.3 is 5.97 Å². The number of ether oxygens (including phenoxy) is 1. The van der Waals surface area contributed by atoms with Gasteiger partial charge in [-0.2, -0.15) is 0 Å². The van der Waals surface area contributed by atoms with Crippen LogP contribution < -0.4 is 5.32 Å². The van der Waals surface area contributed by atoms with E-state index in [1.165, 1.54) is 11.8 Å². The van der Waals surface area contributed by atoms with Crippen LogP contribution in [0.5, 0.6) is 0 Å². The highest BCUT2D eigenvalue weighted by atomic mass is 35.5. The zero-order chi connectivity index (χ0) is 17.5. The van der Waals surface area contributed by atoms with Crippen molar-refractivity contribution in [3.8, 4) is 0 Å². The molecule has 0 saturated carbocycles. The first kappa shape index (κ1) is 18.4.